The molecule has 1 amide bonds. The summed E-state index contributed by atoms with van der Waals surface area (Å²) >= 11 is 1.56. The van der Waals surface area contributed by atoms with Crippen LogP contribution in [0.4, 0.5) is 5.69 Å². The fourth-order valence-corrected chi connectivity index (χ4v) is 4.57. The molecule has 1 unspecified atom stereocenters. The molecule has 24 heavy (non-hydrogen) atoms. The van der Waals surface area contributed by atoms with E-state index in [9.17, 15) is 13.2 Å². The molecule has 0 fully saturated rings. The third kappa shape index (κ3) is 3.33. The summed E-state index contributed by atoms with van der Waals surface area (Å²) in [5.74, 6) is -0.0700. The summed E-state index contributed by atoms with van der Waals surface area (Å²) in [6.07, 6.45) is 0.708. The molecule has 2 aromatic rings. The van der Waals surface area contributed by atoms with Crippen LogP contribution in [0.1, 0.15) is 5.56 Å². The first-order chi connectivity index (χ1) is 11.4. The van der Waals surface area contributed by atoms with Gasteiger partial charge in [0.15, 0.2) is 0 Å². The van der Waals surface area contributed by atoms with E-state index in [0.717, 1.165) is 9.20 Å². The summed E-state index contributed by atoms with van der Waals surface area (Å²) < 4.78 is 25.2. The standard InChI is InChI=1S/C17H18N2O3S2/c1-19(2)24(21,22)14-9-7-13(8-10-14)18-17(20)16-11-12-5-3-4-6-15(12)23-16/h3-10,16H,11H2,1-2H3,(H,18,20). The molecule has 1 heterocycles. The van der Waals surface area contributed by atoms with Crippen LogP contribution in [0.25, 0.3) is 0 Å². The Morgan fingerprint density at radius 2 is 1.79 bits per heavy atom. The minimum absolute atomic E-state index is 0.0700. The first-order valence-electron chi connectivity index (χ1n) is 7.46. The molecule has 0 aliphatic carbocycles. The number of nitrogens with one attached hydrogen (secondary N) is 1. The third-order valence-electron chi connectivity index (χ3n) is 3.84. The highest BCUT2D eigenvalue weighted by molar-refractivity contribution is 8.01. The van der Waals surface area contributed by atoms with Crippen LogP contribution in [0.5, 0.6) is 0 Å². The Kier molecular flexibility index (Phi) is 4.67. The molecule has 1 N–H and O–H groups in total. The van der Waals surface area contributed by atoms with Crippen LogP contribution in [-0.2, 0) is 21.2 Å². The Bertz CT molecular complexity index is 837. The molecule has 1 aliphatic heterocycles. The van der Waals surface area contributed by atoms with Crippen molar-refractivity contribution in [1.29, 1.82) is 0 Å². The molecule has 0 saturated heterocycles. The average molecular weight is 362 g/mol. The predicted molar refractivity (Wildman–Crippen MR) is 95.7 cm³/mol. The van der Waals surface area contributed by atoms with Gasteiger partial charge >= 0.3 is 0 Å². The lowest BCUT2D eigenvalue weighted by molar-refractivity contribution is -0.115. The molecule has 2 aromatic carbocycles. The van der Waals surface area contributed by atoms with Gasteiger partial charge in [0.2, 0.25) is 15.9 Å². The zero-order chi connectivity index (χ0) is 17.3. The van der Waals surface area contributed by atoms with Gasteiger partial charge in [-0.15, -0.1) is 11.8 Å². The highest BCUT2D eigenvalue weighted by Gasteiger charge is 2.28. The smallest absolute Gasteiger partial charge is 0.242 e. The normalized spacial score (nSPS) is 16.9. The van der Waals surface area contributed by atoms with Crippen LogP contribution in [0.3, 0.4) is 0 Å². The molecular formula is C17H18N2O3S2. The molecular weight excluding hydrogens is 344 g/mol. The van der Waals surface area contributed by atoms with E-state index in [4.69, 9.17) is 0 Å². The number of benzene rings is 2. The zero-order valence-corrected chi connectivity index (χ0v) is 15.0. The van der Waals surface area contributed by atoms with Crippen LogP contribution >= 0.6 is 11.8 Å². The van der Waals surface area contributed by atoms with Crippen LogP contribution in [0.2, 0.25) is 0 Å². The summed E-state index contributed by atoms with van der Waals surface area (Å²) in [5, 5.41) is 2.70. The summed E-state index contributed by atoms with van der Waals surface area (Å²) in [6.45, 7) is 0. The lowest BCUT2D eigenvalue weighted by Crippen LogP contribution is -2.25. The Morgan fingerprint density at radius 3 is 2.42 bits per heavy atom. The van der Waals surface area contributed by atoms with Crippen LogP contribution in [-0.4, -0.2) is 38.0 Å². The summed E-state index contributed by atoms with van der Waals surface area (Å²) in [6, 6.07) is 14.2. The fraction of sp³-hybridized carbons (Fsp3) is 0.235. The van der Waals surface area contributed by atoms with E-state index in [1.807, 2.05) is 24.3 Å². The second-order valence-corrected chi connectivity index (χ2v) is 9.12. The molecule has 0 spiro atoms. The number of hydrogen-bond donors (Lipinski definition) is 1. The van der Waals surface area contributed by atoms with Crippen molar-refractivity contribution in [2.24, 2.45) is 0 Å². The Labute approximate surface area is 146 Å². The molecule has 3 rings (SSSR count). The third-order valence-corrected chi connectivity index (χ3v) is 6.99. The molecule has 1 atom stereocenters. The van der Waals surface area contributed by atoms with Gasteiger partial charge in [-0.1, -0.05) is 18.2 Å². The Morgan fingerprint density at radius 1 is 1.12 bits per heavy atom. The topological polar surface area (TPSA) is 66.5 Å². The van der Waals surface area contributed by atoms with Crippen LogP contribution < -0.4 is 5.32 Å². The maximum Gasteiger partial charge on any atom is 0.242 e. The van der Waals surface area contributed by atoms with Gasteiger partial charge in [0.05, 0.1) is 10.1 Å². The summed E-state index contributed by atoms with van der Waals surface area (Å²) in [5.41, 5.74) is 1.78. The number of rotatable bonds is 4. The van der Waals surface area contributed by atoms with Gasteiger partial charge in [-0.2, -0.15) is 0 Å². The van der Waals surface area contributed by atoms with Crippen molar-refractivity contribution in [3.8, 4) is 0 Å². The van der Waals surface area contributed by atoms with Gasteiger partial charge in [0.1, 0.15) is 0 Å². The van der Waals surface area contributed by atoms with Crippen LogP contribution in [0.15, 0.2) is 58.3 Å². The highest BCUT2D eigenvalue weighted by Crippen LogP contribution is 2.37. The van der Waals surface area contributed by atoms with Crippen molar-refractivity contribution >= 4 is 33.4 Å². The SMILES string of the molecule is CN(C)S(=O)(=O)c1ccc(NC(=O)C2Cc3ccccc3S2)cc1. The zero-order valence-electron chi connectivity index (χ0n) is 13.4. The van der Waals surface area contributed by atoms with E-state index in [1.54, 1.807) is 23.9 Å². The minimum atomic E-state index is -3.46. The maximum atomic E-state index is 12.4. The second-order valence-electron chi connectivity index (χ2n) is 5.72. The van der Waals surface area contributed by atoms with Gasteiger partial charge in [-0.25, -0.2) is 12.7 Å². The molecule has 5 nitrogen and oxygen atoms in total. The number of carbonyl (C=O) groups excluding carboxylic acids is 1. The number of carbonyl (C=O) groups is 1. The summed E-state index contributed by atoms with van der Waals surface area (Å²) in [4.78, 5) is 13.8. The van der Waals surface area contributed by atoms with Gasteiger partial charge in [0, 0.05) is 24.7 Å². The fourth-order valence-electron chi connectivity index (χ4n) is 2.47. The van der Waals surface area contributed by atoms with Gasteiger partial charge in [-0.05, 0) is 42.3 Å². The van der Waals surface area contributed by atoms with E-state index in [-0.39, 0.29) is 16.1 Å². The monoisotopic (exact) mass is 362 g/mol. The molecule has 0 saturated carbocycles. The van der Waals surface area contributed by atoms with Crippen molar-refractivity contribution in [1.82, 2.24) is 4.31 Å². The lowest BCUT2D eigenvalue weighted by atomic mass is 10.1. The molecule has 0 bridgehead atoms. The number of sulfonamides is 1. The Balaban J connectivity index is 1.68. The van der Waals surface area contributed by atoms with E-state index in [2.05, 4.69) is 5.32 Å². The largest absolute Gasteiger partial charge is 0.325 e. The number of fused-ring (bicyclic) bond motifs is 1. The first kappa shape index (κ1) is 17.0. The van der Waals surface area contributed by atoms with E-state index < -0.39 is 10.0 Å². The Hall–Kier alpha value is -1.83. The molecule has 0 aromatic heterocycles. The average Bonchev–Trinajstić information content (AvgIpc) is 2.99. The maximum absolute atomic E-state index is 12.4. The number of anilines is 1. The molecule has 1 aliphatic rings. The van der Waals surface area contributed by atoms with Gasteiger partial charge in [0.25, 0.3) is 0 Å². The van der Waals surface area contributed by atoms with Crippen LogP contribution in [0, 0.1) is 0 Å². The quantitative estimate of drug-likeness (QED) is 0.908. The number of thioether (sulfide) groups is 1. The molecule has 126 valence electrons. The van der Waals surface area contributed by atoms with Gasteiger partial charge in [-0.3, -0.25) is 4.79 Å². The summed E-state index contributed by atoms with van der Waals surface area (Å²) in [7, 11) is -0.485. The predicted octanol–water partition coefficient (Wildman–Crippen LogP) is 2.59. The number of nitrogens with zero attached hydrogens (tertiary/aromatic N) is 1. The second kappa shape index (κ2) is 6.58. The highest BCUT2D eigenvalue weighted by atomic mass is 32.2. The van der Waals surface area contributed by atoms with Gasteiger partial charge < -0.3 is 5.32 Å². The minimum Gasteiger partial charge on any atom is -0.325 e. The van der Waals surface area contributed by atoms with Crippen molar-refractivity contribution in [3.05, 3.63) is 54.1 Å². The molecule has 0 radical (unpaired) electrons. The first-order valence-corrected chi connectivity index (χ1v) is 9.78. The van der Waals surface area contributed by atoms with E-state index in [0.29, 0.717) is 12.1 Å². The van der Waals surface area contributed by atoms with E-state index in [1.165, 1.54) is 31.8 Å². The number of amides is 1. The number of hydrogen-bond acceptors (Lipinski definition) is 4. The van der Waals surface area contributed by atoms with Crippen molar-refractivity contribution < 1.29 is 13.2 Å². The molecule has 7 heteroatoms. The van der Waals surface area contributed by atoms with E-state index >= 15 is 0 Å². The van der Waals surface area contributed by atoms with Crippen molar-refractivity contribution in [3.63, 3.8) is 0 Å². The van der Waals surface area contributed by atoms with Crippen molar-refractivity contribution in [2.45, 2.75) is 21.5 Å². The van der Waals surface area contributed by atoms with Crippen molar-refractivity contribution in [2.75, 3.05) is 19.4 Å². The lowest BCUT2D eigenvalue weighted by Gasteiger charge is -2.13.